The van der Waals surface area contributed by atoms with Crippen LogP contribution in [0.4, 0.5) is 5.69 Å². The van der Waals surface area contributed by atoms with Gasteiger partial charge in [-0.3, -0.25) is 4.79 Å². The van der Waals surface area contributed by atoms with Gasteiger partial charge >= 0.3 is 0 Å². The summed E-state index contributed by atoms with van der Waals surface area (Å²) in [5, 5.41) is 3.25. The maximum atomic E-state index is 12.9. The van der Waals surface area contributed by atoms with Gasteiger partial charge in [0.2, 0.25) is 15.9 Å². The van der Waals surface area contributed by atoms with Gasteiger partial charge in [0.05, 0.1) is 4.90 Å². The van der Waals surface area contributed by atoms with Crippen molar-refractivity contribution in [1.29, 1.82) is 0 Å². The lowest BCUT2D eigenvalue weighted by atomic mass is 10.1. The number of piperidine rings is 1. The van der Waals surface area contributed by atoms with E-state index in [0.29, 0.717) is 17.9 Å². The van der Waals surface area contributed by atoms with Gasteiger partial charge in [-0.25, -0.2) is 8.42 Å². The van der Waals surface area contributed by atoms with E-state index in [2.05, 4.69) is 5.32 Å². The highest BCUT2D eigenvalue weighted by Crippen LogP contribution is 2.31. The Kier molecular flexibility index (Phi) is 4.44. The number of nitrogens with one attached hydrogen (secondary N) is 1. The van der Waals surface area contributed by atoms with Gasteiger partial charge in [0.15, 0.2) is 0 Å². The average Bonchev–Trinajstić information content (AvgIpc) is 2.98. The summed E-state index contributed by atoms with van der Waals surface area (Å²) >= 11 is 0. The van der Waals surface area contributed by atoms with Crippen LogP contribution in [0.3, 0.4) is 0 Å². The topological polar surface area (TPSA) is 69.7 Å². The fourth-order valence-electron chi connectivity index (χ4n) is 3.40. The van der Waals surface area contributed by atoms with Crippen LogP contribution in [0.5, 0.6) is 0 Å². The minimum absolute atomic E-state index is 0.00817. The number of nitrogens with zero attached hydrogens (tertiary/aromatic N) is 2. The molecule has 0 radical (unpaired) electrons. The van der Waals surface area contributed by atoms with Gasteiger partial charge in [-0.1, -0.05) is 0 Å². The molecule has 126 valence electrons. The van der Waals surface area contributed by atoms with E-state index in [0.717, 1.165) is 37.2 Å². The maximum absolute atomic E-state index is 12.9. The molecule has 0 saturated carbocycles. The van der Waals surface area contributed by atoms with Crippen LogP contribution in [-0.2, 0) is 21.2 Å². The first-order chi connectivity index (χ1) is 10.9. The number of amides is 1. The largest absolute Gasteiger partial charge is 0.317 e. The molecular weight excluding hydrogens is 314 g/mol. The van der Waals surface area contributed by atoms with Crippen molar-refractivity contribution in [3.8, 4) is 0 Å². The number of carbonyl (C=O) groups is 1. The normalized spacial score (nSPS) is 19.2. The number of anilines is 1. The number of rotatable bonds is 3. The van der Waals surface area contributed by atoms with Crippen LogP contribution in [0.1, 0.15) is 25.3 Å². The summed E-state index contributed by atoms with van der Waals surface area (Å²) in [5.74, 6) is -0.00817. The zero-order valence-corrected chi connectivity index (χ0v) is 14.4. The third-order valence-corrected chi connectivity index (χ3v) is 6.73. The summed E-state index contributed by atoms with van der Waals surface area (Å²) in [6, 6.07) is 5.15. The Morgan fingerprint density at radius 3 is 2.65 bits per heavy atom. The van der Waals surface area contributed by atoms with E-state index in [9.17, 15) is 13.2 Å². The Bertz CT molecular complexity index is 711. The maximum Gasteiger partial charge on any atom is 0.243 e. The zero-order chi connectivity index (χ0) is 16.6. The van der Waals surface area contributed by atoms with E-state index < -0.39 is 10.0 Å². The van der Waals surface area contributed by atoms with Crippen molar-refractivity contribution in [2.45, 2.75) is 37.1 Å². The summed E-state index contributed by atoms with van der Waals surface area (Å²) in [6.07, 6.45) is 2.37. The van der Waals surface area contributed by atoms with Crippen molar-refractivity contribution in [3.05, 3.63) is 23.8 Å². The zero-order valence-electron chi connectivity index (χ0n) is 13.6. The fraction of sp³-hybridized carbons (Fsp3) is 0.562. The van der Waals surface area contributed by atoms with Crippen LogP contribution in [0, 0.1) is 0 Å². The molecule has 3 rings (SSSR count). The van der Waals surface area contributed by atoms with E-state index in [1.807, 2.05) is 0 Å². The van der Waals surface area contributed by atoms with Crippen LogP contribution < -0.4 is 10.2 Å². The molecule has 0 aromatic heterocycles. The molecule has 0 unspecified atom stereocenters. The molecule has 1 fully saturated rings. The number of benzene rings is 1. The third-order valence-electron chi connectivity index (χ3n) is 4.83. The van der Waals surface area contributed by atoms with Crippen molar-refractivity contribution in [1.82, 2.24) is 9.62 Å². The molecule has 6 nitrogen and oxygen atoms in total. The standard InChI is InChI=1S/C16H23N3O3S/c1-12(20)19-10-7-13-11-15(3-4-16(13)19)23(21,22)18(2)14-5-8-17-9-6-14/h3-4,11,14,17H,5-10H2,1-2H3. The molecule has 1 saturated heterocycles. The van der Waals surface area contributed by atoms with Gasteiger partial charge in [-0.15, -0.1) is 0 Å². The Hall–Kier alpha value is -1.44. The second-order valence-electron chi connectivity index (χ2n) is 6.21. The number of fused-ring (bicyclic) bond motifs is 1. The minimum atomic E-state index is -3.50. The molecule has 0 aliphatic carbocycles. The quantitative estimate of drug-likeness (QED) is 0.892. The van der Waals surface area contributed by atoms with Gasteiger partial charge < -0.3 is 10.2 Å². The van der Waals surface area contributed by atoms with Crippen molar-refractivity contribution in [2.24, 2.45) is 0 Å². The summed E-state index contributed by atoms with van der Waals surface area (Å²) in [5.41, 5.74) is 1.76. The molecular formula is C16H23N3O3S. The molecule has 2 aliphatic rings. The Morgan fingerprint density at radius 1 is 1.30 bits per heavy atom. The van der Waals surface area contributed by atoms with Crippen molar-refractivity contribution in [2.75, 3.05) is 31.6 Å². The first-order valence-electron chi connectivity index (χ1n) is 8.01. The van der Waals surface area contributed by atoms with Crippen LogP contribution in [0.15, 0.2) is 23.1 Å². The van der Waals surface area contributed by atoms with Gasteiger partial charge in [0, 0.05) is 32.2 Å². The smallest absolute Gasteiger partial charge is 0.243 e. The summed E-state index contributed by atoms with van der Waals surface area (Å²) in [7, 11) is -1.83. The molecule has 23 heavy (non-hydrogen) atoms. The average molecular weight is 337 g/mol. The number of sulfonamides is 1. The van der Waals surface area contributed by atoms with Gasteiger partial charge in [0.25, 0.3) is 0 Å². The molecule has 1 aromatic carbocycles. The second kappa shape index (κ2) is 6.22. The molecule has 0 bridgehead atoms. The first kappa shape index (κ1) is 16.4. The third kappa shape index (κ3) is 3.00. The summed E-state index contributed by atoms with van der Waals surface area (Å²) < 4.78 is 27.3. The molecule has 7 heteroatoms. The molecule has 0 atom stereocenters. The Labute approximate surface area is 137 Å². The van der Waals surface area contributed by atoms with E-state index in [-0.39, 0.29) is 11.9 Å². The molecule has 1 aromatic rings. The fourth-order valence-corrected chi connectivity index (χ4v) is 4.87. The van der Waals surface area contributed by atoms with E-state index in [4.69, 9.17) is 0 Å². The number of hydrogen-bond donors (Lipinski definition) is 1. The summed E-state index contributed by atoms with van der Waals surface area (Å²) in [4.78, 5) is 13.6. The number of hydrogen-bond acceptors (Lipinski definition) is 4. The predicted octanol–water partition coefficient (Wildman–Crippen LogP) is 0.968. The molecule has 1 N–H and O–H groups in total. The lowest BCUT2D eigenvalue weighted by Gasteiger charge is -2.31. The lowest BCUT2D eigenvalue weighted by Crippen LogP contribution is -2.43. The van der Waals surface area contributed by atoms with E-state index in [1.54, 1.807) is 30.1 Å². The highest BCUT2D eigenvalue weighted by molar-refractivity contribution is 7.89. The molecule has 2 heterocycles. The SMILES string of the molecule is CC(=O)N1CCc2cc(S(=O)(=O)N(C)C3CCNCC3)ccc21. The predicted molar refractivity (Wildman–Crippen MR) is 89.0 cm³/mol. The first-order valence-corrected chi connectivity index (χ1v) is 9.45. The van der Waals surface area contributed by atoms with Crippen molar-refractivity contribution >= 4 is 21.6 Å². The van der Waals surface area contributed by atoms with E-state index >= 15 is 0 Å². The molecule has 1 amide bonds. The van der Waals surface area contributed by atoms with Crippen LogP contribution in [-0.4, -0.2) is 51.4 Å². The monoisotopic (exact) mass is 337 g/mol. The Morgan fingerprint density at radius 2 is 2.00 bits per heavy atom. The van der Waals surface area contributed by atoms with Gasteiger partial charge in [0.1, 0.15) is 0 Å². The number of carbonyl (C=O) groups excluding carboxylic acids is 1. The van der Waals surface area contributed by atoms with Crippen molar-refractivity contribution < 1.29 is 13.2 Å². The van der Waals surface area contributed by atoms with Gasteiger partial charge in [-0.2, -0.15) is 4.31 Å². The van der Waals surface area contributed by atoms with Crippen LogP contribution >= 0.6 is 0 Å². The molecule has 0 spiro atoms. The highest BCUT2D eigenvalue weighted by Gasteiger charge is 2.31. The van der Waals surface area contributed by atoms with Crippen LogP contribution in [0.2, 0.25) is 0 Å². The van der Waals surface area contributed by atoms with E-state index in [1.165, 1.54) is 11.2 Å². The Balaban J connectivity index is 1.88. The molecule has 2 aliphatic heterocycles. The lowest BCUT2D eigenvalue weighted by molar-refractivity contribution is -0.116. The second-order valence-corrected chi connectivity index (χ2v) is 8.21. The van der Waals surface area contributed by atoms with Crippen molar-refractivity contribution in [3.63, 3.8) is 0 Å². The van der Waals surface area contributed by atoms with Gasteiger partial charge in [-0.05, 0) is 56.1 Å². The minimum Gasteiger partial charge on any atom is -0.317 e. The highest BCUT2D eigenvalue weighted by atomic mass is 32.2. The summed E-state index contributed by atoms with van der Waals surface area (Å²) in [6.45, 7) is 3.85. The van der Waals surface area contributed by atoms with Crippen LogP contribution in [0.25, 0.3) is 0 Å².